The lowest BCUT2D eigenvalue weighted by Crippen LogP contribution is -2.41. The average molecular weight is 648 g/mol. The minimum absolute atomic E-state index is 0.00255. The molecular formula is C36H42FN3O5S. The molecule has 1 amide bonds. The van der Waals surface area contributed by atoms with Gasteiger partial charge in [0.05, 0.1) is 10.9 Å². The van der Waals surface area contributed by atoms with Crippen molar-refractivity contribution in [3.05, 3.63) is 100 Å². The number of carbonyl (C=O) groups is 2. The maximum Gasteiger partial charge on any atom is 0.323 e. The fourth-order valence-electron chi connectivity index (χ4n) is 5.94. The van der Waals surface area contributed by atoms with Crippen molar-refractivity contribution in [2.75, 3.05) is 0 Å². The maximum absolute atomic E-state index is 13.3. The van der Waals surface area contributed by atoms with Crippen LogP contribution in [0.25, 0.3) is 11.6 Å². The summed E-state index contributed by atoms with van der Waals surface area (Å²) in [5, 5.41) is 3.01. The van der Waals surface area contributed by atoms with Crippen LogP contribution in [-0.2, 0) is 37.4 Å². The van der Waals surface area contributed by atoms with E-state index in [0.717, 1.165) is 33.4 Å². The first-order chi connectivity index (χ1) is 21.9. The van der Waals surface area contributed by atoms with Gasteiger partial charge >= 0.3 is 5.97 Å². The highest BCUT2D eigenvalue weighted by Gasteiger charge is 2.30. The Morgan fingerprint density at radius 3 is 2.28 bits per heavy atom. The number of benzene rings is 3. The van der Waals surface area contributed by atoms with E-state index in [-0.39, 0.29) is 47.1 Å². The molecule has 5 rings (SSSR count). The highest BCUT2D eigenvalue weighted by molar-refractivity contribution is 7.89. The zero-order valence-corrected chi connectivity index (χ0v) is 27.3. The van der Waals surface area contributed by atoms with Crippen LogP contribution in [0.2, 0.25) is 0 Å². The van der Waals surface area contributed by atoms with E-state index in [2.05, 4.69) is 16.1 Å². The molecule has 0 heterocycles. The number of allylic oxidation sites excluding steroid dienone is 1. The Morgan fingerprint density at radius 2 is 1.63 bits per heavy atom. The molecule has 0 aliphatic heterocycles. The molecule has 0 spiro atoms. The van der Waals surface area contributed by atoms with Gasteiger partial charge in [-0.25, -0.2) is 17.5 Å². The molecular weight excluding hydrogens is 605 g/mol. The Balaban J connectivity index is 1.12. The molecule has 0 unspecified atom stereocenters. The van der Waals surface area contributed by atoms with E-state index < -0.39 is 22.0 Å². The molecule has 1 saturated carbocycles. The minimum Gasteiger partial charge on any atom is -0.460 e. The van der Waals surface area contributed by atoms with Crippen molar-refractivity contribution in [3.63, 3.8) is 0 Å². The number of sulfonamides is 1. The van der Waals surface area contributed by atoms with E-state index in [1.807, 2.05) is 51.1 Å². The van der Waals surface area contributed by atoms with Crippen molar-refractivity contribution in [1.82, 2.24) is 10.0 Å². The third-order valence-corrected chi connectivity index (χ3v) is 10.5. The second-order valence-electron chi connectivity index (χ2n) is 12.7. The van der Waals surface area contributed by atoms with Gasteiger partial charge in [0.15, 0.2) is 0 Å². The summed E-state index contributed by atoms with van der Waals surface area (Å²) in [5.41, 5.74) is 11.6. The van der Waals surface area contributed by atoms with Crippen LogP contribution >= 0.6 is 0 Å². The monoisotopic (exact) mass is 647 g/mol. The van der Waals surface area contributed by atoms with Gasteiger partial charge < -0.3 is 15.8 Å². The largest absolute Gasteiger partial charge is 0.460 e. The second-order valence-corrected chi connectivity index (χ2v) is 14.4. The Hall–Kier alpha value is -3.86. The first kappa shape index (κ1) is 33.5. The summed E-state index contributed by atoms with van der Waals surface area (Å²) in [5.74, 6) is -0.997. The Labute approximate surface area is 270 Å². The predicted molar refractivity (Wildman–Crippen MR) is 176 cm³/mol. The average Bonchev–Trinajstić information content (AvgIpc) is 3.47. The fraction of sp³-hybridized carbons (Fsp3) is 0.389. The second kappa shape index (κ2) is 14.3. The zero-order valence-electron chi connectivity index (χ0n) is 26.5. The Kier molecular flexibility index (Phi) is 10.4. The third kappa shape index (κ3) is 8.10. The molecule has 3 aromatic rings. The summed E-state index contributed by atoms with van der Waals surface area (Å²) in [6, 6.07) is 17.9. The first-order valence-corrected chi connectivity index (χ1v) is 17.3. The molecule has 0 saturated heterocycles. The molecule has 0 aromatic heterocycles. The molecule has 2 aliphatic carbocycles. The van der Waals surface area contributed by atoms with Crippen molar-refractivity contribution in [2.24, 2.45) is 17.6 Å². The summed E-state index contributed by atoms with van der Waals surface area (Å²) < 4.78 is 48.1. The molecule has 0 bridgehead atoms. The van der Waals surface area contributed by atoms with Crippen molar-refractivity contribution < 1.29 is 27.1 Å². The molecule has 0 radical (unpaired) electrons. The van der Waals surface area contributed by atoms with Gasteiger partial charge in [0, 0.05) is 12.0 Å². The van der Waals surface area contributed by atoms with Crippen LogP contribution in [0.5, 0.6) is 0 Å². The quantitative estimate of drug-likeness (QED) is 0.231. The highest BCUT2D eigenvalue weighted by Crippen LogP contribution is 2.34. The van der Waals surface area contributed by atoms with Crippen LogP contribution < -0.4 is 15.8 Å². The van der Waals surface area contributed by atoms with Gasteiger partial charge in [0.2, 0.25) is 15.9 Å². The summed E-state index contributed by atoms with van der Waals surface area (Å²) in [6.07, 6.45) is 4.97. The van der Waals surface area contributed by atoms with Crippen LogP contribution in [-0.4, -0.2) is 32.4 Å². The van der Waals surface area contributed by atoms with Crippen LogP contribution in [0.3, 0.4) is 0 Å². The fourth-order valence-corrected chi connectivity index (χ4v) is 7.29. The number of hydrogen-bond donors (Lipinski definition) is 3. The Morgan fingerprint density at radius 1 is 0.957 bits per heavy atom. The molecule has 8 nitrogen and oxygen atoms in total. The molecule has 244 valence electrons. The van der Waals surface area contributed by atoms with Crippen LogP contribution in [0.15, 0.2) is 71.6 Å². The molecule has 10 heteroatoms. The molecule has 2 atom stereocenters. The van der Waals surface area contributed by atoms with E-state index in [0.29, 0.717) is 32.1 Å². The van der Waals surface area contributed by atoms with E-state index in [1.54, 1.807) is 24.3 Å². The summed E-state index contributed by atoms with van der Waals surface area (Å²) in [7, 11) is -3.75. The van der Waals surface area contributed by atoms with Gasteiger partial charge in [-0.3, -0.25) is 9.59 Å². The van der Waals surface area contributed by atoms with Crippen LogP contribution in [0, 0.1) is 17.7 Å². The van der Waals surface area contributed by atoms with Gasteiger partial charge in [0.1, 0.15) is 18.5 Å². The van der Waals surface area contributed by atoms with Crippen molar-refractivity contribution in [2.45, 2.75) is 82.5 Å². The number of amides is 1. The normalized spacial score (nSPS) is 19.2. The number of ether oxygens (including phenoxy) is 1. The SMILES string of the molecule is CC(C)[C@H](N)C(=O)OCc1ccc(C2=Cc3ccc(S(=O)(=O)NC4CCC(C(=O)N[C@H](C)c5ccc(F)cc5)CC4)cc3C2)cc1. The molecule has 3 aromatic carbocycles. The van der Waals surface area contributed by atoms with E-state index >= 15 is 0 Å². The van der Waals surface area contributed by atoms with Gasteiger partial charge in [-0.2, -0.15) is 0 Å². The van der Waals surface area contributed by atoms with Gasteiger partial charge in [-0.05, 0) is 103 Å². The number of fused-ring (bicyclic) bond motifs is 1. The third-order valence-electron chi connectivity index (χ3n) is 8.98. The first-order valence-electron chi connectivity index (χ1n) is 15.8. The predicted octanol–water partition coefficient (Wildman–Crippen LogP) is 5.66. The number of hydrogen-bond acceptors (Lipinski definition) is 6. The lowest BCUT2D eigenvalue weighted by Gasteiger charge is -2.29. The lowest BCUT2D eigenvalue weighted by molar-refractivity contribution is -0.147. The van der Waals surface area contributed by atoms with Gasteiger partial charge in [-0.15, -0.1) is 0 Å². The maximum atomic E-state index is 13.3. The van der Waals surface area contributed by atoms with Crippen molar-refractivity contribution >= 4 is 33.5 Å². The number of halogens is 1. The van der Waals surface area contributed by atoms with Crippen LogP contribution in [0.4, 0.5) is 4.39 Å². The van der Waals surface area contributed by atoms with Crippen molar-refractivity contribution in [3.8, 4) is 0 Å². The number of carbonyl (C=O) groups excluding carboxylic acids is 2. The summed E-state index contributed by atoms with van der Waals surface area (Å²) >= 11 is 0. The molecule has 2 aliphatic rings. The minimum atomic E-state index is -3.75. The zero-order chi connectivity index (χ0) is 33.0. The van der Waals surface area contributed by atoms with Gasteiger partial charge in [-0.1, -0.05) is 62.4 Å². The summed E-state index contributed by atoms with van der Waals surface area (Å²) in [6.45, 7) is 5.76. The number of rotatable bonds is 11. The number of nitrogens with one attached hydrogen (secondary N) is 2. The molecule has 1 fully saturated rings. The number of esters is 1. The van der Waals surface area contributed by atoms with Gasteiger partial charge in [0.25, 0.3) is 0 Å². The molecule has 46 heavy (non-hydrogen) atoms. The number of nitrogens with two attached hydrogens (primary N) is 1. The highest BCUT2D eigenvalue weighted by atomic mass is 32.2. The van der Waals surface area contributed by atoms with E-state index in [4.69, 9.17) is 10.5 Å². The summed E-state index contributed by atoms with van der Waals surface area (Å²) in [4.78, 5) is 25.1. The van der Waals surface area contributed by atoms with Crippen molar-refractivity contribution in [1.29, 1.82) is 0 Å². The molecule has 4 N–H and O–H groups in total. The van der Waals surface area contributed by atoms with E-state index in [9.17, 15) is 22.4 Å². The lowest BCUT2D eigenvalue weighted by atomic mass is 9.85. The standard InChI is InChI=1S/C36H42FN3O5S/c1-22(2)34(38)36(42)45-21-24-4-6-26(7-5-24)29-18-28-12-17-33(20-30(28)19-29)46(43,44)40-32-15-10-27(11-16-32)35(41)39-23(3)25-8-13-31(37)14-9-25/h4-9,12-14,17-18,20,22-23,27,32,34,40H,10-11,15-16,19,21,38H2,1-3H3,(H,39,41)/t23-,27?,32?,34+/m1/s1. The topological polar surface area (TPSA) is 128 Å². The van der Waals surface area contributed by atoms with Crippen LogP contribution in [0.1, 0.15) is 80.3 Å². The van der Waals surface area contributed by atoms with E-state index in [1.165, 1.54) is 12.1 Å². The smallest absolute Gasteiger partial charge is 0.323 e. The Bertz CT molecular complexity index is 1700.